The van der Waals surface area contributed by atoms with Crippen molar-refractivity contribution in [2.24, 2.45) is 23.7 Å². The molecule has 0 saturated heterocycles. The summed E-state index contributed by atoms with van der Waals surface area (Å²) in [5, 5.41) is 0. The van der Waals surface area contributed by atoms with Crippen molar-refractivity contribution in [1.82, 2.24) is 0 Å². The van der Waals surface area contributed by atoms with Crippen LogP contribution < -0.4 is 0 Å². The van der Waals surface area contributed by atoms with E-state index in [4.69, 9.17) is 22.9 Å². The van der Waals surface area contributed by atoms with Crippen LogP contribution in [0.5, 0.6) is 0 Å². The number of hydrogen-bond donors (Lipinski definition) is 0. The van der Waals surface area contributed by atoms with Gasteiger partial charge in [0.1, 0.15) is 0 Å². The number of carbonyl (C=O) groups is 4. The van der Waals surface area contributed by atoms with Crippen molar-refractivity contribution < 1.29 is 56.0 Å². The van der Waals surface area contributed by atoms with Gasteiger partial charge < -0.3 is 42.1 Å². The van der Waals surface area contributed by atoms with Crippen molar-refractivity contribution in [3.05, 3.63) is 22.9 Å². The number of nitrogens with one attached hydrogen (secondary N) is 4. The molecule has 4 N–H and O–H groups in total. The molecule has 0 aliphatic heterocycles. The smallest absolute Gasteiger partial charge is 0.668 e. The number of halogens is 1. The minimum atomic E-state index is -0.352. The Morgan fingerprint density at radius 2 is 0.513 bits per heavy atom. The molecule has 11 heteroatoms. The minimum absolute atomic E-state index is 0. The number of hydrogen-bond acceptors (Lipinski definition) is 4. The van der Waals surface area contributed by atoms with Gasteiger partial charge in [0.2, 0.25) is 0 Å². The van der Waals surface area contributed by atoms with E-state index in [9.17, 15) is 19.2 Å². The van der Waals surface area contributed by atoms with Crippen LogP contribution in [0.4, 0.5) is 0 Å². The Balaban J connectivity index is 0. The third-order valence-electron chi connectivity index (χ3n) is 7.90. The van der Waals surface area contributed by atoms with Crippen LogP contribution in [0.25, 0.3) is 22.9 Å². The van der Waals surface area contributed by atoms with Gasteiger partial charge in [-0.05, 0) is 51.4 Å². The van der Waals surface area contributed by atoms with Gasteiger partial charge >= 0.3 is 46.5 Å². The molecule has 0 bridgehead atoms. The van der Waals surface area contributed by atoms with Crippen LogP contribution in [0.3, 0.4) is 0 Å². The molecule has 0 unspecified atom stereocenters. The molecule has 4 aliphatic rings. The van der Waals surface area contributed by atoms with Crippen molar-refractivity contribution in [3.63, 3.8) is 0 Å². The maximum absolute atomic E-state index is 10.5. The predicted molar refractivity (Wildman–Crippen MR) is 149 cm³/mol. The summed E-state index contributed by atoms with van der Waals surface area (Å²) in [5.74, 6) is -1.08. The van der Waals surface area contributed by atoms with Gasteiger partial charge in [0.05, 0.1) is 23.6 Å². The molecule has 39 heavy (non-hydrogen) atoms. The first kappa shape index (κ1) is 40.6. The zero-order valence-electron chi connectivity index (χ0n) is 23.2. The Morgan fingerprint density at radius 1 is 0.385 bits per heavy atom. The van der Waals surface area contributed by atoms with Crippen LogP contribution in [0, 0.1) is 23.7 Å². The summed E-state index contributed by atoms with van der Waals surface area (Å²) in [6.45, 7) is 0. The summed E-state index contributed by atoms with van der Waals surface area (Å²) in [7, 11) is 4.57. The van der Waals surface area contributed by atoms with E-state index < -0.39 is 0 Å². The van der Waals surface area contributed by atoms with Crippen molar-refractivity contribution in [1.29, 1.82) is 0 Å². The average Bonchev–Trinajstić information content (AvgIpc) is 2.97. The zero-order valence-corrected chi connectivity index (χ0v) is 27.4. The van der Waals surface area contributed by atoms with Gasteiger partial charge in [0.25, 0.3) is 0 Å². The van der Waals surface area contributed by atoms with E-state index in [0.29, 0.717) is 0 Å². The van der Waals surface area contributed by atoms with Gasteiger partial charge in [0.15, 0.2) is 0 Å². The standard InChI is InChI=1S/4C7H13NO.ClH.2Ru/c4*8-7(9)6-4-2-1-3-5-6;;;/h4*6H,1-5H2,(H2,8,9);1H;;/q;;;;;+2;+3/p-5. The number of carbonyl (C=O) groups excluding carboxylic acids is 4. The Morgan fingerprint density at radius 3 is 0.590 bits per heavy atom. The Labute approximate surface area is 263 Å². The largest absolute Gasteiger partial charge is 3.00 e. The molecule has 0 aromatic carbocycles. The molecule has 4 amide bonds. The monoisotopic (exact) mass is 743 g/mol. The Kier molecular flexibility index (Phi) is 27.4. The van der Waals surface area contributed by atoms with Crippen LogP contribution in [-0.2, 0) is 56.0 Å². The van der Waals surface area contributed by atoms with E-state index >= 15 is 0 Å². The fraction of sp³-hybridized carbons (Fsp3) is 0.857. The van der Waals surface area contributed by atoms with E-state index in [1.165, 1.54) is 25.7 Å². The van der Waals surface area contributed by atoms with E-state index in [1.807, 2.05) is 17.3 Å². The molecule has 0 aromatic heterocycles. The SMILES string of the molecule is [Cl][Ru+].[NH-]C(=O)C1CCCCC1.[NH-]C(=O)C1CCCCC1.[NH-]C(=O)C1CCCCC1.[NH-]C(=O)C1CCCCC1.[Ru+3]. The number of rotatable bonds is 4. The van der Waals surface area contributed by atoms with Crippen molar-refractivity contribution in [3.8, 4) is 0 Å². The molecule has 0 heterocycles. The van der Waals surface area contributed by atoms with Gasteiger partial charge in [0, 0.05) is 23.7 Å². The zero-order chi connectivity index (χ0) is 28.8. The molecular formula is C28H48ClN4O4Ru2. The van der Waals surface area contributed by atoms with Gasteiger partial charge in [-0.25, -0.2) is 0 Å². The predicted octanol–water partition coefficient (Wildman–Crippen LogP) is 9.27. The van der Waals surface area contributed by atoms with E-state index in [0.717, 1.165) is 103 Å². The summed E-state index contributed by atoms with van der Waals surface area (Å²) in [5.41, 5.74) is 27.3. The second-order valence-electron chi connectivity index (χ2n) is 10.8. The van der Waals surface area contributed by atoms with Crippen molar-refractivity contribution in [2.45, 2.75) is 128 Å². The van der Waals surface area contributed by atoms with Crippen LogP contribution in [-0.4, -0.2) is 23.6 Å². The number of amides is 4. The summed E-state index contributed by atoms with van der Waals surface area (Å²) in [4.78, 5) is 41.9. The second-order valence-corrected chi connectivity index (χ2v) is 10.8. The molecule has 1 radical (unpaired) electrons. The maximum atomic E-state index is 10.5. The third-order valence-corrected chi connectivity index (χ3v) is 7.90. The second kappa shape index (κ2) is 26.3. The summed E-state index contributed by atoms with van der Waals surface area (Å²) in [6.07, 6.45) is 21.9. The first-order chi connectivity index (χ1) is 18.2. The summed E-state index contributed by atoms with van der Waals surface area (Å²) < 4.78 is 0. The van der Waals surface area contributed by atoms with E-state index in [1.54, 1.807) is 0 Å². The molecule has 4 fully saturated rings. The minimum Gasteiger partial charge on any atom is -0.668 e. The average molecular weight is 742 g/mol. The van der Waals surface area contributed by atoms with Gasteiger partial charge in [-0.2, -0.15) is 0 Å². The molecule has 227 valence electrons. The van der Waals surface area contributed by atoms with Crippen LogP contribution in [0.15, 0.2) is 0 Å². The molecule has 4 aliphatic carbocycles. The molecule has 0 atom stereocenters. The van der Waals surface area contributed by atoms with E-state index in [-0.39, 0.29) is 66.8 Å². The maximum Gasteiger partial charge on any atom is 3.00 e. The first-order valence-corrected chi connectivity index (χ1v) is 16.6. The summed E-state index contributed by atoms with van der Waals surface area (Å²) >= 11 is 1.82. The molecule has 4 rings (SSSR count). The molecule has 8 nitrogen and oxygen atoms in total. The summed E-state index contributed by atoms with van der Waals surface area (Å²) in [6, 6.07) is 0. The molecule has 0 spiro atoms. The Hall–Kier alpha value is -0.583. The van der Waals surface area contributed by atoms with Crippen LogP contribution in [0.1, 0.15) is 128 Å². The van der Waals surface area contributed by atoms with Crippen molar-refractivity contribution >= 4 is 33.3 Å². The molecular weight excluding hydrogens is 694 g/mol. The first-order valence-electron chi connectivity index (χ1n) is 14.4. The fourth-order valence-electron chi connectivity index (χ4n) is 5.46. The van der Waals surface area contributed by atoms with Crippen molar-refractivity contribution in [2.75, 3.05) is 0 Å². The fourth-order valence-corrected chi connectivity index (χ4v) is 5.46. The molecule has 0 aromatic rings. The van der Waals surface area contributed by atoms with Gasteiger partial charge in [-0.1, -0.05) is 77.0 Å². The van der Waals surface area contributed by atoms with Gasteiger partial charge in [-0.3, -0.25) is 0 Å². The van der Waals surface area contributed by atoms with Crippen LogP contribution >= 0.6 is 9.69 Å². The van der Waals surface area contributed by atoms with E-state index in [2.05, 4.69) is 9.69 Å². The quantitative estimate of drug-likeness (QED) is 0.262. The van der Waals surface area contributed by atoms with Gasteiger partial charge in [-0.15, -0.1) is 0 Å². The molecule has 4 saturated carbocycles. The topological polar surface area (TPSA) is 163 Å². The normalized spacial score (nSPS) is 20.3. The Bertz CT molecular complexity index is 552. The third kappa shape index (κ3) is 20.9. The van der Waals surface area contributed by atoms with Crippen LogP contribution in [0.2, 0.25) is 0 Å².